The van der Waals surface area contributed by atoms with Crippen LogP contribution in [0.5, 0.6) is 0 Å². The van der Waals surface area contributed by atoms with E-state index < -0.39 is 5.97 Å². The van der Waals surface area contributed by atoms with Crippen LogP contribution >= 0.6 is 0 Å². The number of aromatic nitrogens is 1. The summed E-state index contributed by atoms with van der Waals surface area (Å²) in [6.07, 6.45) is 3.39. The molecule has 2 atom stereocenters. The molecule has 1 aliphatic rings. The van der Waals surface area contributed by atoms with Gasteiger partial charge in [0.05, 0.1) is 11.3 Å². The number of likely N-dealkylation sites (tertiary alicyclic amines) is 1. The summed E-state index contributed by atoms with van der Waals surface area (Å²) >= 11 is 0. The second-order valence-electron chi connectivity index (χ2n) is 5.16. The number of nitrogen functional groups attached to an aromatic ring is 1. The Morgan fingerprint density at radius 1 is 1.63 bits per heavy atom. The Morgan fingerprint density at radius 2 is 2.37 bits per heavy atom. The molecule has 104 valence electrons. The highest BCUT2D eigenvalue weighted by atomic mass is 16.4. The number of nitrogens with one attached hydrogen (secondary N) is 1. The maximum absolute atomic E-state index is 10.8. The minimum Gasteiger partial charge on any atom is -0.478 e. The number of nitrogens with two attached hydrogens (primary N) is 1. The third kappa shape index (κ3) is 3.14. The van der Waals surface area contributed by atoms with Gasteiger partial charge in [-0.1, -0.05) is 0 Å². The molecule has 0 spiro atoms. The van der Waals surface area contributed by atoms with Gasteiger partial charge >= 0.3 is 5.97 Å². The summed E-state index contributed by atoms with van der Waals surface area (Å²) in [5.74, 6) is -0.439. The lowest BCUT2D eigenvalue weighted by Crippen LogP contribution is -2.42. The number of anilines is 2. The van der Waals surface area contributed by atoms with Crippen LogP contribution in [0.3, 0.4) is 0 Å². The minimum atomic E-state index is -1.02. The fourth-order valence-electron chi connectivity index (χ4n) is 2.33. The number of rotatable bonds is 3. The standard InChI is InChI=1S/C13H20N4O2/c1-8-5-10(3-4-17(8)2)16-12-11(14)6-9(7-15-12)13(18)19/h6-8,10H,3-5,14H2,1-2H3,(H,15,16)(H,18,19). The van der Waals surface area contributed by atoms with Gasteiger partial charge in [0.25, 0.3) is 0 Å². The van der Waals surface area contributed by atoms with Crippen LogP contribution in [-0.2, 0) is 0 Å². The Bertz CT molecular complexity index is 478. The number of aromatic carboxylic acids is 1. The smallest absolute Gasteiger partial charge is 0.337 e. The number of piperidine rings is 1. The Morgan fingerprint density at radius 3 is 2.95 bits per heavy atom. The monoisotopic (exact) mass is 264 g/mol. The van der Waals surface area contributed by atoms with Crippen LogP contribution in [0.2, 0.25) is 0 Å². The third-order valence-electron chi connectivity index (χ3n) is 3.71. The number of carbonyl (C=O) groups is 1. The molecule has 4 N–H and O–H groups in total. The molecule has 2 unspecified atom stereocenters. The van der Waals surface area contributed by atoms with Crippen molar-refractivity contribution >= 4 is 17.5 Å². The van der Waals surface area contributed by atoms with Gasteiger partial charge in [-0.15, -0.1) is 0 Å². The van der Waals surface area contributed by atoms with E-state index in [1.54, 1.807) is 0 Å². The molecule has 1 saturated heterocycles. The van der Waals surface area contributed by atoms with Crippen LogP contribution in [0.15, 0.2) is 12.3 Å². The summed E-state index contributed by atoms with van der Waals surface area (Å²) in [5.41, 5.74) is 6.33. The molecule has 6 nitrogen and oxygen atoms in total. The molecule has 1 fully saturated rings. The molecule has 2 heterocycles. The Hall–Kier alpha value is -1.82. The van der Waals surface area contributed by atoms with E-state index in [2.05, 4.69) is 29.2 Å². The van der Waals surface area contributed by atoms with E-state index in [1.165, 1.54) is 12.3 Å². The molecule has 6 heteroatoms. The van der Waals surface area contributed by atoms with Gasteiger partial charge in [-0.3, -0.25) is 0 Å². The van der Waals surface area contributed by atoms with Gasteiger partial charge in [0.1, 0.15) is 5.82 Å². The number of carboxylic acids is 1. The van der Waals surface area contributed by atoms with Gasteiger partial charge in [-0.25, -0.2) is 9.78 Å². The molecule has 0 aromatic carbocycles. The van der Waals surface area contributed by atoms with Crippen LogP contribution in [0.25, 0.3) is 0 Å². The molecule has 0 saturated carbocycles. The number of hydrogen-bond donors (Lipinski definition) is 3. The summed E-state index contributed by atoms with van der Waals surface area (Å²) in [5, 5.41) is 12.2. The first-order chi connectivity index (χ1) is 8.97. The molecule has 1 aliphatic heterocycles. The number of hydrogen-bond acceptors (Lipinski definition) is 5. The van der Waals surface area contributed by atoms with Gasteiger partial charge in [0, 0.05) is 24.8 Å². The van der Waals surface area contributed by atoms with Gasteiger partial charge in [-0.2, -0.15) is 0 Å². The second kappa shape index (κ2) is 5.44. The zero-order valence-electron chi connectivity index (χ0n) is 11.3. The average molecular weight is 264 g/mol. The Balaban J connectivity index is 2.05. The lowest BCUT2D eigenvalue weighted by molar-refractivity contribution is 0.0696. The van der Waals surface area contributed by atoms with Crippen LogP contribution in [-0.4, -0.2) is 46.6 Å². The first-order valence-electron chi connectivity index (χ1n) is 6.43. The summed E-state index contributed by atoms with van der Waals surface area (Å²) < 4.78 is 0. The molecule has 2 rings (SSSR count). The summed E-state index contributed by atoms with van der Waals surface area (Å²) in [6.45, 7) is 3.23. The van der Waals surface area contributed by atoms with Crippen molar-refractivity contribution in [2.45, 2.75) is 31.8 Å². The number of pyridine rings is 1. The van der Waals surface area contributed by atoms with Gasteiger partial charge < -0.3 is 21.1 Å². The molecule has 0 aliphatic carbocycles. The first-order valence-corrected chi connectivity index (χ1v) is 6.43. The minimum absolute atomic E-state index is 0.111. The van der Waals surface area contributed by atoms with E-state index in [0.29, 0.717) is 23.6 Å². The fourth-order valence-corrected chi connectivity index (χ4v) is 2.33. The normalized spacial score (nSPS) is 24.1. The fraction of sp³-hybridized carbons (Fsp3) is 0.538. The largest absolute Gasteiger partial charge is 0.478 e. The van der Waals surface area contributed by atoms with Crippen LogP contribution in [0, 0.1) is 0 Å². The van der Waals surface area contributed by atoms with Crippen molar-refractivity contribution < 1.29 is 9.90 Å². The predicted octanol–water partition coefficient (Wildman–Crippen LogP) is 1.26. The molecule has 1 aromatic heterocycles. The van der Waals surface area contributed by atoms with Crippen LogP contribution in [0.1, 0.15) is 30.1 Å². The van der Waals surface area contributed by atoms with E-state index in [4.69, 9.17) is 10.8 Å². The maximum atomic E-state index is 10.8. The molecule has 1 aromatic rings. The van der Waals surface area contributed by atoms with Crippen LogP contribution in [0.4, 0.5) is 11.5 Å². The van der Waals surface area contributed by atoms with Gasteiger partial charge in [0.2, 0.25) is 0 Å². The Labute approximate surface area is 112 Å². The number of carboxylic acid groups (broad SMARTS) is 1. The highest BCUT2D eigenvalue weighted by Crippen LogP contribution is 2.22. The molecule has 0 bridgehead atoms. The summed E-state index contributed by atoms with van der Waals surface area (Å²) in [6, 6.07) is 2.29. The quantitative estimate of drug-likeness (QED) is 0.761. The molecular weight excluding hydrogens is 244 g/mol. The van der Waals surface area contributed by atoms with Crippen molar-refractivity contribution in [3.63, 3.8) is 0 Å². The van der Waals surface area contributed by atoms with Gasteiger partial charge in [-0.05, 0) is 32.9 Å². The van der Waals surface area contributed by atoms with E-state index in [1.807, 2.05) is 0 Å². The van der Waals surface area contributed by atoms with Crippen molar-refractivity contribution in [1.82, 2.24) is 9.88 Å². The molecule has 0 amide bonds. The lowest BCUT2D eigenvalue weighted by atomic mass is 9.99. The van der Waals surface area contributed by atoms with Crippen molar-refractivity contribution in [2.24, 2.45) is 0 Å². The van der Waals surface area contributed by atoms with E-state index in [0.717, 1.165) is 19.4 Å². The second-order valence-corrected chi connectivity index (χ2v) is 5.16. The highest BCUT2D eigenvalue weighted by Gasteiger charge is 2.23. The van der Waals surface area contributed by atoms with Crippen LogP contribution < -0.4 is 11.1 Å². The van der Waals surface area contributed by atoms with Crippen molar-refractivity contribution in [3.05, 3.63) is 17.8 Å². The highest BCUT2D eigenvalue weighted by molar-refractivity contribution is 5.89. The molecular formula is C13H20N4O2. The van der Waals surface area contributed by atoms with Crippen molar-refractivity contribution in [3.8, 4) is 0 Å². The van der Waals surface area contributed by atoms with E-state index >= 15 is 0 Å². The van der Waals surface area contributed by atoms with Crippen molar-refractivity contribution in [2.75, 3.05) is 24.6 Å². The number of nitrogens with zero attached hydrogens (tertiary/aromatic N) is 2. The molecule has 19 heavy (non-hydrogen) atoms. The van der Waals surface area contributed by atoms with E-state index in [9.17, 15) is 4.79 Å². The third-order valence-corrected chi connectivity index (χ3v) is 3.71. The maximum Gasteiger partial charge on any atom is 0.337 e. The average Bonchev–Trinajstić information content (AvgIpc) is 2.36. The topological polar surface area (TPSA) is 91.5 Å². The van der Waals surface area contributed by atoms with Gasteiger partial charge in [0.15, 0.2) is 0 Å². The first kappa shape index (κ1) is 13.6. The SMILES string of the molecule is CC1CC(Nc2ncc(C(=O)O)cc2N)CCN1C. The van der Waals surface area contributed by atoms with E-state index in [-0.39, 0.29) is 5.56 Å². The molecule has 0 radical (unpaired) electrons. The predicted molar refractivity (Wildman–Crippen MR) is 74.3 cm³/mol. The van der Waals surface area contributed by atoms with Crippen molar-refractivity contribution in [1.29, 1.82) is 0 Å². The summed E-state index contributed by atoms with van der Waals surface area (Å²) in [7, 11) is 2.12. The zero-order valence-corrected chi connectivity index (χ0v) is 11.3. The Kier molecular flexibility index (Phi) is 3.90. The zero-order chi connectivity index (χ0) is 14.0. The lowest BCUT2D eigenvalue weighted by Gasteiger charge is -2.35. The summed E-state index contributed by atoms with van der Waals surface area (Å²) in [4.78, 5) is 17.2.